The van der Waals surface area contributed by atoms with Crippen molar-refractivity contribution in [2.24, 2.45) is 0 Å². The Hall–Kier alpha value is -1.75. The van der Waals surface area contributed by atoms with Gasteiger partial charge >= 0.3 is 12.0 Å². The molecule has 6 heteroatoms. The molecule has 0 bridgehead atoms. The molecule has 0 unspecified atom stereocenters. The summed E-state index contributed by atoms with van der Waals surface area (Å²) in [4.78, 5) is 26.9. The van der Waals surface area contributed by atoms with Crippen molar-refractivity contribution in [2.75, 3.05) is 18.0 Å². The van der Waals surface area contributed by atoms with Gasteiger partial charge in [0.1, 0.15) is 6.54 Å². The standard InChI is InChI=1S/C15H19ClN2O3/c1-15(2)7-4-8-18(15)14(21)17(10-13(19)20)12-6-3-5-11(16)9-12/h3,5-6,9H,4,7-8,10H2,1-2H3,(H,19,20). The minimum absolute atomic E-state index is 0.258. The van der Waals surface area contributed by atoms with Crippen LogP contribution in [0.2, 0.25) is 5.02 Å². The summed E-state index contributed by atoms with van der Waals surface area (Å²) in [7, 11) is 0. The van der Waals surface area contributed by atoms with Gasteiger partial charge in [0.25, 0.3) is 0 Å². The number of likely N-dealkylation sites (tertiary alicyclic amines) is 1. The topological polar surface area (TPSA) is 60.9 Å². The van der Waals surface area contributed by atoms with Crippen molar-refractivity contribution in [3.63, 3.8) is 0 Å². The molecule has 1 N–H and O–H groups in total. The Bertz CT molecular complexity index is 560. The van der Waals surface area contributed by atoms with Gasteiger partial charge in [0, 0.05) is 22.8 Å². The number of hydrogen-bond donors (Lipinski definition) is 1. The first kappa shape index (κ1) is 15.6. The first-order chi connectivity index (χ1) is 9.81. The summed E-state index contributed by atoms with van der Waals surface area (Å²) >= 11 is 5.95. The molecule has 1 saturated heterocycles. The number of carboxylic acids is 1. The fourth-order valence-corrected chi connectivity index (χ4v) is 2.84. The molecule has 0 saturated carbocycles. The summed E-state index contributed by atoms with van der Waals surface area (Å²) in [6.07, 6.45) is 1.84. The Labute approximate surface area is 129 Å². The van der Waals surface area contributed by atoms with Crippen LogP contribution in [-0.4, -0.2) is 40.6 Å². The smallest absolute Gasteiger partial charge is 0.325 e. The largest absolute Gasteiger partial charge is 0.480 e. The molecule has 1 aromatic carbocycles. The third-order valence-electron chi connectivity index (χ3n) is 3.78. The second-order valence-corrected chi connectivity index (χ2v) is 6.25. The highest BCUT2D eigenvalue weighted by Gasteiger charge is 2.38. The number of carbonyl (C=O) groups is 2. The lowest BCUT2D eigenvalue weighted by Gasteiger charge is -2.35. The van der Waals surface area contributed by atoms with E-state index in [0.717, 1.165) is 12.8 Å². The second kappa shape index (κ2) is 5.93. The molecule has 1 heterocycles. The predicted molar refractivity (Wildman–Crippen MR) is 81.8 cm³/mol. The normalized spacial score (nSPS) is 16.8. The van der Waals surface area contributed by atoms with Crippen molar-refractivity contribution >= 4 is 29.3 Å². The molecule has 1 aliphatic heterocycles. The molecule has 2 amide bonds. The van der Waals surface area contributed by atoms with Crippen LogP contribution in [0.4, 0.5) is 10.5 Å². The van der Waals surface area contributed by atoms with Crippen molar-refractivity contribution in [3.8, 4) is 0 Å². The number of hydrogen-bond acceptors (Lipinski definition) is 2. The van der Waals surface area contributed by atoms with Gasteiger partial charge < -0.3 is 10.0 Å². The molecule has 2 rings (SSSR count). The van der Waals surface area contributed by atoms with Crippen LogP contribution in [0.3, 0.4) is 0 Å². The van der Waals surface area contributed by atoms with E-state index in [2.05, 4.69) is 0 Å². The maximum absolute atomic E-state index is 12.8. The molecule has 0 atom stereocenters. The van der Waals surface area contributed by atoms with Crippen LogP contribution < -0.4 is 4.90 Å². The van der Waals surface area contributed by atoms with Crippen molar-refractivity contribution in [3.05, 3.63) is 29.3 Å². The zero-order chi connectivity index (χ0) is 15.6. The number of urea groups is 1. The number of anilines is 1. The van der Waals surface area contributed by atoms with Gasteiger partial charge in [-0.25, -0.2) is 4.79 Å². The molecule has 0 aliphatic carbocycles. The minimum atomic E-state index is -1.06. The molecule has 21 heavy (non-hydrogen) atoms. The van der Waals surface area contributed by atoms with Gasteiger partial charge in [-0.05, 0) is 44.9 Å². The third-order valence-corrected chi connectivity index (χ3v) is 4.01. The molecular formula is C15H19ClN2O3. The molecule has 1 aliphatic rings. The van der Waals surface area contributed by atoms with Gasteiger partial charge in [0.15, 0.2) is 0 Å². The van der Waals surface area contributed by atoms with Gasteiger partial charge in [0.05, 0.1) is 0 Å². The summed E-state index contributed by atoms with van der Waals surface area (Å²) in [5.74, 6) is -1.06. The number of nitrogens with zero attached hydrogens (tertiary/aromatic N) is 2. The number of carbonyl (C=O) groups excluding carboxylic acids is 1. The van der Waals surface area contributed by atoms with Crippen LogP contribution in [-0.2, 0) is 4.79 Å². The van der Waals surface area contributed by atoms with Crippen molar-refractivity contribution in [1.82, 2.24) is 4.90 Å². The highest BCUT2D eigenvalue weighted by Crippen LogP contribution is 2.31. The Morgan fingerprint density at radius 1 is 1.43 bits per heavy atom. The highest BCUT2D eigenvalue weighted by molar-refractivity contribution is 6.30. The van der Waals surface area contributed by atoms with Gasteiger partial charge in [-0.2, -0.15) is 0 Å². The fraction of sp³-hybridized carbons (Fsp3) is 0.467. The molecule has 5 nitrogen and oxygen atoms in total. The van der Waals surface area contributed by atoms with Crippen LogP contribution in [0, 0.1) is 0 Å². The quantitative estimate of drug-likeness (QED) is 0.932. The Balaban J connectivity index is 2.32. The van der Waals surface area contributed by atoms with Crippen LogP contribution >= 0.6 is 11.6 Å². The molecule has 114 valence electrons. The first-order valence-electron chi connectivity index (χ1n) is 6.88. The number of halogens is 1. The number of carboxylic acid groups (broad SMARTS) is 1. The summed E-state index contributed by atoms with van der Waals surface area (Å²) in [5, 5.41) is 9.56. The minimum Gasteiger partial charge on any atom is -0.480 e. The average Bonchev–Trinajstić information content (AvgIpc) is 2.74. The van der Waals surface area contributed by atoms with Gasteiger partial charge in [-0.1, -0.05) is 17.7 Å². The summed E-state index contributed by atoms with van der Waals surface area (Å²) in [6, 6.07) is 6.40. The SMILES string of the molecule is CC1(C)CCCN1C(=O)N(CC(=O)O)c1cccc(Cl)c1. The zero-order valence-corrected chi connectivity index (χ0v) is 12.9. The van der Waals surface area contributed by atoms with E-state index in [-0.39, 0.29) is 18.1 Å². The average molecular weight is 311 g/mol. The monoisotopic (exact) mass is 310 g/mol. The van der Waals surface area contributed by atoms with Crippen molar-refractivity contribution in [1.29, 1.82) is 0 Å². The van der Waals surface area contributed by atoms with Gasteiger partial charge in [-0.3, -0.25) is 9.69 Å². The second-order valence-electron chi connectivity index (χ2n) is 5.81. The lowest BCUT2D eigenvalue weighted by Crippen LogP contribution is -2.51. The number of amides is 2. The van der Waals surface area contributed by atoms with Gasteiger partial charge in [-0.15, -0.1) is 0 Å². The van der Waals surface area contributed by atoms with E-state index in [1.807, 2.05) is 13.8 Å². The molecule has 1 aromatic rings. The van der Waals surface area contributed by atoms with E-state index in [1.54, 1.807) is 29.2 Å². The number of aliphatic carboxylic acids is 1. The fourth-order valence-electron chi connectivity index (χ4n) is 2.66. The van der Waals surface area contributed by atoms with E-state index >= 15 is 0 Å². The predicted octanol–water partition coefficient (Wildman–Crippen LogP) is 3.23. The van der Waals surface area contributed by atoms with Crippen LogP contribution in [0.15, 0.2) is 24.3 Å². The highest BCUT2D eigenvalue weighted by atomic mass is 35.5. The summed E-state index contributed by atoms with van der Waals surface area (Å²) in [6.45, 7) is 4.25. The Kier molecular flexibility index (Phi) is 4.42. The van der Waals surface area contributed by atoms with Crippen LogP contribution in [0.25, 0.3) is 0 Å². The lowest BCUT2D eigenvalue weighted by molar-refractivity contribution is -0.135. The first-order valence-corrected chi connectivity index (χ1v) is 7.25. The third kappa shape index (κ3) is 3.47. The zero-order valence-electron chi connectivity index (χ0n) is 12.2. The maximum atomic E-state index is 12.8. The van der Waals surface area contributed by atoms with E-state index in [0.29, 0.717) is 17.3 Å². The van der Waals surface area contributed by atoms with E-state index in [1.165, 1.54) is 4.90 Å². The molecule has 0 spiro atoms. The summed E-state index contributed by atoms with van der Waals surface area (Å²) in [5.41, 5.74) is 0.240. The molecule has 1 fully saturated rings. The van der Waals surface area contributed by atoms with E-state index in [9.17, 15) is 9.59 Å². The van der Waals surface area contributed by atoms with Gasteiger partial charge in [0.2, 0.25) is 0 Å². The lowest BCUT2D eigenvalue weighted by atomic mass is 10.0. The van der Waals surface area contributed by atoms with Crippen molar-refractivity contribution < 1.29 is 14.7 Å². The van der Waals surface area contributed by atoms with Crippen molar-refractivity contribution in [2.45, 2.75) is 32.2 Å². The van der Waals surface area contributed by atoms with E-state index < -0.39 is 5.97 Å². The maximum Gasteiger partial charge on any atom is 0.325 e. The summed E-state index contributed by atoms with van der Waals surface area (Å²) < 4.78 is 0. The van der Waals surface area contributed by atoms with E-state index in [4.69, 9.17) is 16.7 Å². The molecule has 0 aromatic heterocycles. The Morgan fingerprint density at radius 3 is 2.67 bits per heavy atom. The Morgan fingerprint density at radius 2 is 2.14 bits per heavy atom. The molecular weight excluding hydrogens is 292 g/mol. The number of benzene rings is 1. The number of rotatable bonds is 3. The molecule has 0 radical (unpaired) electrons. The van der Waals surface area contributed by atoms with Crippen LogP contribution in [0.5, 0.6) is 0 Å². The van der Waals surface area contributed by atoms with Crippen LogP contribution in [0.1, 0.15) is 26.7 Å².